The van der Waals surface area contributed by atoms with Crippen LogP contribution in [0.4, 0.5) is 13.2 Å². The van der Waals surface area contributed by atoms with Crippen LogP contribution >= 0.6 is 12.2 Å². The highest BCUT2D eigenvalue weighted by Crippen LogP contribution is 2.31. The van der Waals surface area contributed by atoms with Gasteiger partial charge in [0.2, 0.25) is 5.82 Å². The second-order valence-electron chi connectivity index (χ2n) is 5.95. The summed E-state index contributed by atoms with van der Waals surface area (Å²) in [5.74, 6) is 0.201. The SMILES string of the molecule is COc1cc(C)c(CN(C)Cn2nc(C(F)(F)F)n(C)c2=S)cc1OC. The minimum absolute atomic E-state index is 0.00760. The topological polar surface area (TPSA) is 44.5 Å². The minimum Gasteiger partial charge on any atom is -0.493 e. The molecular weight excluding hydrogens is 369 g/mol. The third-order valence-electron chi connectivity index (χ3n) is 3.95. The Kier molecular flexibility index (Phi) is 5.97. The first-order valence-electron chi connectivity index (χ1n) is 7.69. The van der Waals surface area contributed by atoms with Crippen molar-refractivity contribution in [1.82, 2.24) is 19.2 Å². The maximum Gasteiger partial charge on any atom is 0.451 e. The summed E-state index contributed by atoms with van der Waals surface area (Å²) in [5, 5.41) is 3.61. The fourth-order valence-electron chi connectivity index (χ4n) is 2.59. The van der Waals surface area contributed by atoms with Crippen LogP contribution in [0.25, 0.3) is 0 Å². The Morgan fingerprint density at radius 1 is 1.19 bits per heavy atom. The van der Waals surface area contributed by atoms with Gasteiger partial charge in [-0.25, -0.2) is 4.68 Å². The van der Waals surface area contributed by atoms with E-state index >= 15 is 0 Å². The van der Waals surface area contributed by atoms with Gasteiger partial charge in [0.15, 0.2) is 16.3 Å². The molecule has 0 fully saturated rings. The molecule has 2 aromatic rings. The van der Waals surface area contributed by atoms with Crippen molar-refractivity contribution in [2.75, 3.05) is 21.3 Å². The molecule has 1 heterocycles. The van der Waals surface area contributed by atoms with E-state index in [9.17, 15) is 13.2 Å². The summed E-state index contributed by atoms with van der Waals surface area (Å²) < 4.78 is 51.5. The van der Waals surface area contributed by atoms with Crippen LogP contribution in [0, 0.1) is 11.7 Å². The highest BCUT2D eigenvalue weighted by atomic mass is 32.1. The van der Waals surface area contributed by atoms with Gasteiger partial charge in [0.1, 0.15) is 0 Å². The number of hydrogen-bond donors (Lipinski definition) is 0. The molecule has 26 heavy (non-hydrogen) atoms. The number of rotatable bonds is 6. The number of methoxy groups -OCH3 is 2. The van der Waals surface area contributed by atoms with Gasteiger partial charge in [-0.2, -0.15) is 13.2 Å². The molecule has 6 nitrogen and oxygen atoms in total. The summed E-state index contributed by atoms with van der Waals surface area (Å²) >= 11 is 5.06. The molecule has 0 atom stereocenters. The first-order valence-corrected chi connectivity index (χ1v) is 8.10. The van der Waals surface area contributed by atoms with E-state index < -0.39 is 12.0 Å². The van der Waals surface area contributed by atoms with Gasteiger partial charge in [0.25, 0.3) is 0 Å². The monoisotopic (exact) mass is 390 g/mol. The smallest absolute Gasteiger partial charge is 0.451 e. The molecule has 0 aliphatic rings. The van der Waals surface area contributed by atoms with Crippen molar-refractivity contribution >= 4 is 12.2 Å². The lowest BCUT2D eigenvalue weighted by Gasteiger charge is -2.19. The summed E-state index contributed by atoms with van der Waals surface area (Å²) in [6.45, 7) is 2.53. The number of alkyl halides is 3. The predicted molar refractivity (Wildman–Crippen MR) is 92.8 cm³/mol. The standard InChI is InChI=1S/C16H21F3N4O2S/c1-10-6-12(24-4)13(25-5)7-11(10)8-21(2)9-23-15(26)22(3)14(20-23)16(17,18)19/h6-7H,8-9H2,1-5H3. The van der Waals surface area contributed by atoms with Crippen molar-refractivity contribution < 1.29 is 22.6 Å². The molecule has 10 heteroatoms. The van der Waals surface area contributed by atoms with Gasteiger partial charge in [-0.1, -0.05) is 0 Å². The maximum absolute atomic E-state index is 13.0. The van der Waals surface area contributed by atoms with Crippen molar-refractivity contribution in [2.45, 2.75) is 26.3 Å². The Bertz CT molecular complexity index is 845. The van der Waals surface area contributed by atoms with Crippen LogP contribution in [-0.2, 0) is 26.4 Å². The molecular formula is C16H21F3N4O2S. The van der Waals surface area contributed by atoms with Crippen LogP contribution in [0.3, 0.4) is 0 Å². The third kappa shape index (κ3) is 4.18. The van der Waals surface area contributed by atoms with E-state index in [0.29, 0.717) is 18.0 Å². The normalized spacial score (nSPS) is 11.9. The fourth-order valence-corrected chi connectivity index (χ4v) is 2.77. The molecule has 0 aliphatic carbocycles. The van der Waals surface area contributed by atoms with Gasteiger partial charge in [-0.05, 0) is 49.4 Å². The van der Waals surface area contributed by atoms with E-state index in [1.807, 2.05) is 24.0 Å². The molecule has 0 bridgehead atoms. The number of ether oxygens (including phenoxy) is 2. The minimum atomic E-state index is -4.55. The van der Waals surface area contributed by atoms with Gasteiger partial charge in [0, 0.05) is 13.6 Å². The number of hydrogen-bond acceptors (Lipinski definition) is 5. The van der Waals surface area contributed by atoms with Crippen molar-refractivity contribution in [3.05, 3.63) is 33.9 Å². The maximum atomic E-state index is 13.0. The quantitative estimate of drug-likeness (QED) is 0.708. The lowest BCUT2D eigenvalue weighted by Crippen LogP contribution is -2.23. The molecule has 2 rings (SSSR count). The lowest BCUT2D eigenvalue weighted by molar-refractivity contribution is -0.147. The zero-order valence-electron chi connectivity index (χ0n) is 15.2. The molecule has 0 saturated heterocycles. The molecule has 0 spiro atoms. The molecule has 0 saturated carbocycles. The zero-order chi connectivity index (χ0) is 19.6. The van der Waals surface area contributed by atoms with Crippen molar-refractivity contribution in [3.63, 3.8) is 0 Å². The van der Waals surface area contributed by atoms with Crippen LogP contribution in [0.5, 0.6) is 11.5 Å². The Morgan fingerprint density at radius 3 is 2.27 bits per heavy atom. The Hall–Kier alpha value is -2.07. The van der Waals surface area contributed by atoms with Gasteiger partial charge in [-0.3, -0.25) is 9.47 Å². The highest BCUT2D eigenvalue weighted by molar-refractivity contribution is 7.71. The van der Waals surface area contributed by atoms with Crippen molar-refractivity contribution in [1.29, 1.82) is 0 Å². The molecule has 0 unspecified atom stereocenters. The molecule has 144 valence electrons. The van der Waals surface area contributed by atoms with E-state index in [4.69, 9.17) is 21.7 Å². The Morgan fingerprint density at radius 2 is 1.77 bits per heavy atom. The average molecular weight is 390 g/mol. The second kappa shape index (κ2) is 7.67. The Balaban J connectivity index is 2.22. The van der Waals surface area contributed by atoms with Gasteiger partial charge in [-0.15, -0.1) is 5.10 Å². The predicted octanol–water partition coefficient (Wildman–Crippen LogP) is 3.39. The number of halogens is 3. The molecule has 0 radical (unpaired) electrons. The average Bonchev–Trinajstić information content (AvgIpc) is 2.84. The van der Waals surface area contributed by atoms with Crippen LogP contribution < -0.4 is 9.47 Å². The molecule has 0 amide bonds. The summed E-state index contributed by atoms with van der Waals surface area (Å²) in [7, 11) is 6.14. The third-order valence-corrected chi connectivity index (χ3v) is 4.44. The molecule has 0 aliphatic heterocycles. The summed E-state index contributed by atoms with van der Waals surface area (Å²) in [4.78, 5) is 1.82. The van der Waals surface area contributed by atoms with E-state index in [0.717, 1.165) is 20.4 Å². The van der Waals surface area contributed by atoms with Gasteiger partial charge < -0.3 is 9.47 Å². The molecule has 0 N–H and O–H groups in total. The number of benzene rings is 1. The number of aromatic nitrogens is 3. The summed E-state index contributed by atoms with van der Waals surface area (Å²) in [5.41, 5.74) is 1.94. The van der Waals surface area contributed by atoms with Crippen LogP contribution in [-0.4, -0.2) is 40.5 Å². The highest BCUT2D eigenvalue weighted by Gasteiger charge is 2.37. The lowest BCUT2D eigenvalue weighted by atomic mass is 10.1. The summed E-state index contributed by atoms with van der Waals surface area (Å²) in [6.07, 6.45) is -4.55. The van der Waals surface area contributed by atoms with Crippen molar-refractivity contribution in [3.8, 4) is 11.5 Å². The summed E-state index contributed by atoms with van der Waals surface area (Å²) in [6, 6.07) is 3.71. The van der Waals surface area contributed by atoms with Crippen molar-refractivity contribution in [2.24, 2.45) is 7.05 Å². The van der Waals surface area contributed by atoms with E-state index in [1.165, 1.54) is 7.05 Å². The first-order chi connectivity index (χ1) is 12.1. The second-order valence-corrected chi connectivity index (χ2v) is 6.32. The zero-order valence-corrected chi connectivity index (χ0v) is 16.0. The largest absolute Gasteiger partial charge is 0.493 e. The van der Waals surface area contributed by atoms with Crippen LogP contribution in [0.2, 0.25) is 0 Å². The van der Waals surface area contributed by atoms with Gasteiger partial charge >= 0.3 is 6.18 Å². The van der Waals surface area contributed by atoms with E-state index in [1.54, 1.807) is 21.3 Å². The van der Waals surface area contributed by atoms with Crippen LogP contribution in [0.15, 0.2) is 12.1 Å². The van der Waals surface area contributed by atoms with Crippen LogP contribution in [0.1, 0.15) is 17.0 Å². The van der Waals surface area contributed by atoms with E-state index in [2.05, 4.69) is 5.10 Å². The first kappa shape index (κ1) is 20.2. The van der Waals surface area contributed by atoms with E-state index in [-0.39, 0.29) is 11.4 Å². The fraction of sp³-hybridized carbons (Fsp3) is 0.500. The number of nitrogens with zero attached hydrogens (tertiary/aromatic N) is 4. The Labute approximate surface area is 154 Å². The molecule has 1 aromatic heterocycles. The number of aryl methyl sites for hydroxylation is 1. The van der Waals surface area contributed by atoms with Gasteiger partial charge in [0.05, 0.1) is 20.9 Å². The molecule has 1 aromatic carbocycles.